The van der Waals surface area contributed by atoms with E-state index in [0.717, 1.165) is 11.4 Å². The zero-order chi connectivity index (χ0) is 21.5. The van der Waals surface area contributed by atoms with Crippen molar-refractivity contribution >= 4 is 23.3 Å². The first-order valence-electron chi connectivity index (χ1n) is 9.84. The number of benzene rings is 2. The van der Waals surface area contributed by atoms with Crippen molar-refractivity contribution in [1.82, 2.24) is 5.32 Å². The van der Waals surface area contributed by atoms with E-state index in [4.69, 9.17) is 14.2 Å². The van der Waals surface area contributed by atoms with Crippen molar-refractivity contribution < 1.29 is 23.8 Å². The molecule has 2 aromatic carbocycles. The van der Waals surface area contributed by atoms with Crippen LogP contribution in [0.1, 0.15) is 13.3 Å². The Hall–Kier alpha value is -3.42. The highest BCUT2D eigenvalue weighted by Gasteiger charge is 2.30. The average Bonchev–Trinajstić information content (AvgIpc) is 3.14. The maximum Gasteiger partial charge on any atom is 0.319 e. The van der Waals surface area contributed by atoms with E-state index in [-0.39, 0.29) is 17.9 Å². The second-order valence-electron chi connectivity index (χ2n) is 6.90. The summed E-state index contributed by atoms with van der Waals surface area (Å²) in [4.78, 5) is 26.5. The van der Waals surface area contributed by atoms with E-state index in [9.17, 15) is 9.59 Å². The lowest BCUT2D eigenvalue weighted by molar-refractivity contribution is -0.117. The number of amides is 3. The molecule has 8 heteroatoms. The standard InChI is InChI=1S/C22H27N3O5/c1-4-30-17-7-5-16(6-8-17)25-14-15(11-21(25)26)13-23-22(27)24-19-10-9-18(28-2)12-20(19)29-3/h5-10,12,15H,4,11,13-14H2,1-3H3,(H2,23,24,27)/t15-/m1/s1. The first-order chi connectivity index (χ1) is 14.5. The van der Waals surface area contributed by atoms with Gasteiger partial charge in [-0.05, 0) is 43.3 Å². The molecule has 2 N–H and O–H groups in total. The second kappa shape index (κ2) is 9.87. The van der Waals surface area contributed by atoms with Crippen LogP contribution in [-0.4, -0.2) is 45.9 Å². The molecular weight excluding hydrogens is 386 g/mol. The van der Waals surface area contributed by atoms with Crippen molar-refractivity contribution in [1.29, 1.82) is 0 Å². The summed E-state index contributed by atoms with van der Waals surface area (Å²) in [5.74, 6) is 1.99. The van der Waals surface area contributed by atoms with Crippen LogP contribution in [0.5, 0.6) is 17.2 Å². The average molecular weight is 413 g/mol. The zero-order valence-electron chi connectivity index (χ0n) is 17.4. The number of carbonyl (C=O) groups excluding carboxylic acids is 2. The van der Waals surface area contributed by atoms with Crippen LogP contribution in [-0.2, 0) is 4.79 Å². The minimum absolute atomic E-state index is 0.0348. The molecule has 30 heavy (non-hydrogen) atoms. The number of urea groups is 1. The van der Waals surface area contributed by atoms with Crippen molar-refractivity contribution in [2.24, 2.45) is 5.92 Å². The summed E-state index contributed by atoms with van der Waals surface area (Å²) in [7, 11) is 3.09. The largest absolute Gasteiger partial charge is 0.497 e. The molecule has 3 amide bonds. The highest BCUT2D eigenvalue weighted by atomic mass is 16.5. The molecule has 1 atom stereocenters. The normalized spacial score (nSPS) is 15.6. The molecule has 8 nitrogen and oxygen atoms in total. The van der Waals surface area contributed by atoms with Gasteiger partial charge in [-0.2, -0.15) is 0 Å². The highest BCUT2D eigenvalue weighted by molar-refractivity contribution is 5.96. The number of anilines is 2. The van der Waals surface area contributed by atoms with Crippen LogP contribution in [0.25, 0.3) is 0 Å². The molecule has 0 bridgehead atoms. The Kier molecular flexibility index (Phi) is 7.00. The summed E-state index contributed by atoms with van der Waals surface area (Å²) in [6.45, 7) is 3.47. The molecule has 1 fully saturated rings. The molecular formula is C22H27N3O5. The third-order valence-corrected chi connectivity index (χ3v) is 4.87. The molecule has 0 unspecified atom stereocenters. The lowest BCUT2D eigenvalue weighted by Gasteiger charge is -2.18. The van der Waals surface area contributed by atoms with E-state index in [1.165, 1.54) is 7.11 Å². The van der Waals surface area contributed by atoms with Crippen LogP contribution >= 0.6 is 0 Å². The van der Waals surface area contributed by atoms with Gasteiger partial charge in [-0.25, -0.2) is 4.79 Å². The maximum absolute atomic E-state index is 12.4. The number of ether oxygens (including phenoxy) is 3. The highest BCUT2D eigenvalue weighted by Crippen LogP contribution is 2.29. The molecule has 0 saturated carbocycles. The molecule has 2 aromatic rings. The Morgan fingerprint density at radius 3 is 2.50 bits per heavy atom. The van der Waals surface area contributed by atoms with Crippen LogP contribution in [0, 0.1) is 5.92 Å². The van der Waals surface area contributed by atoms with E-state index < -0.39 is 0 Å². The lowest BCUT2D eigenvalue weighted by atomic mass is 10.1. The van der Waals surface area contributed by atoms with Gasteiger partial charge in [0.15, 0.2) is 0 Å². The quantitative estimate of drug-likeness (QED) is 0.693. The van der Waals surface area contributed by atoms with Crippen LogP contribution in [0.3, 0.4) is 0 Å². The van der Waals surface area contributed by atoms with Gasteiger partial charge in [-0.3, -0.25) is 4.79 Å². The number of hydrogen-bond donors (Lipinski definition) is 2. The van der Waals surface area contributed by atoms with E-state index in [1.54, 1.807) is 30.2 Å². The van der Waals surface area contributed by atoms with Crippen LogP contribution in [0.2, 0.25) is 0 Å². The number of nitrogens with one attached hydrogen (secondary N) is 2. The Bertz CT molecular complexity index is 885. The molecule has 1 aliphatic heterocycles. The number of methoxy groups -OCH3 is 2. The third kappa shape index (κ3) is 5.14. The van der Waals surface area contributed by atoms with Crippen LogP contribution < -0.4 is 29.7 Å². The third-order valence-electron chi connectivity index (χ3n) is 4.87. The van der Waals surface area contributed by atoms with Crippen LogP contribution in [0.4, 0.5) is 16.2 Å². The number of hydrogen-bond acceptors (Lipinski definition) is 5. The topological polar surface area (TPSA) is 89.1 Å². The minimum atomic E-state index is -0.356. The number of carbonyl (C=O) groups is 2. The fraction of sp³-hybridized carbons (Fsp3) is 0.364. The lowest BCUT2D eigenvalue weighted by Crippen LogP contribution is -2.34. The molecule has 1 saturated heterocycles. The summed E-state index contributed by atoms with van der Waals surface area (Å²) in [5.41, 5.74) is 1.37. The Balaban J connectivity index is 1.53. The first-order valence-corrected chi connectivity index (χ1v) is 9.84. The first kappa shape index (κ1) is 21.3. The SMILES string of the molecule is CCOc1ccc(N2C[C@@H](CNC(=O)Nc3ccc(OC)cc3OC)CC2=O)cc1. The summed E-state index contributed by atoms with van der Waals surface area (Å²) in [6, 6.07) is 12.3. The number of nitrogens with zero attached hydrogens (tertiary/aromatic N) is 1. The monoisotopic (exact) mass is 413 g/mol. The molecule has 0 radical (unpaired) electrons. The predicted octanol–water partition coefficient (Wildman–Crippen LogP) is 3.28. The van der Waals surface area contributed by atoms with Gasteiger partial charge in [0.1, 0.15) is 17.2 Å². The Labute approximate surface area is 176 Å². The molecule has 0 spiro atoms. The molecule has 3 rings (SSSR count). The van der Waals surface area contributed by atoms with Crippen molar-refractivity contribution in [2.45, 2.75) is 13.3 Å². The van der Waals surface area contributed by atoms with Gasteiger partial charge < -0.3 is 29.7 Å². The minimum Gasteiger partial charge on any atom is -0.497 e. The van der Waals surface area contributed by atoms with Gasteiger partial charge >= 0.3 is 6.03 Å². The number of rotatable bonds is 8. The van der Waals surface area contributed by atoms with Gasteiger partial charge in [0.2, 0.25) is 5.91 Å². The zero-order valence-corrected chi connectivity index (χ0v) is 17.4. The maximum atomic E-state index is 12.4. The van der Waals surface area contributed by atoms with Crippen molar-refractivity contribution in [3.8, 4) is 17.2 Å². The van der Waals surface area contributed by atoms with E-state index in [2.05, 4.69) is 10.6 Å². The van der Waals surface area contributed by atoms with E-state index >= 15 is 0 Å². The van der Waals surface area contributed by atoms with Gasteiger partial charge in [0.05, 0.1) is 26.5 Å². The van der Waals surface area contributed by atoms with Crippen molar-refractivity contribution in [2.75, 3.05) is 44.1 Å². The molecule has 0 aliphatic carbocycles. The Morgan fingerprint density at radius 1 is 1.10 bits per heavy atom. The van der Waals surface area contributed by atoms with Crippen molar-refractivity contribution in [3.63, 3.8) is 0 Å². The molecule has 1 heterocycles. The molecule has 1 aliphatic rings. The molecule has 0 aromatic heterocycles. The van der Waals surface area contributed by atoms with E-state index in [1.807, 2.05) is 31.2 Å². The van der Waals surface area contributed by atoms with Gasteiger partial charge in [0.25, 0.3) is 0 Å². The fourth-order valence-electron chi connectivity index (χ4n) is 3.36. The summed E-state index contributed by atoms with van der Waals surface area (Å²) >= 11 is 0. The summed E-state index contributed by atoms with van der Waals surface area (Å²) in [5, 5.41) is 5.60. The summed E-state index contributed by atoms with van der Waals surface area (Å²) < 4.78 is 15.9. The molecule has 160 valence electrons. The van der Waals surface area contributed by atoms with Gasteiger partial charge in [0, 0.05) is 37.2 Å². The van der Waals surface area contributed by atoms with Crippen molar-refractivity contribution in [3.05, 3.63) is 42.5 Å². The fourth-order valence-corrected chi connectivity index (χ4v) is 3.36. The van der Waals surface area contributed by atoms with Gasteiger partial charge in [-0.15, -0.1) is 0 Å². The smallest absolute Gasteiger partial charge is 0.319 e. The van der Waals surface area contributed by atoms with Gasteiger partial charge in [-0.1, -0.05) is 0 Å². The van der Waals surface area contributed by atoms with Crippen LogP contribution in [0.15, 0.2) is 42.5 Å². The van der Waals surface area contributed by atoms with E-state index in [0.29, 0.717) is 43.3 Å². The second-order valence-corrected chi connectivity index (χ2v) is 6.90. The summed E-state index contributed by atoms with van der Waals surface area (Å²) in [6.07, 6.45) is 0.388. The predicted molar refractivity (Wildman–Crippen MR) is 115 cm³/mol. The Morgan fingerprint density at radius 2 is 1.83 bits per heavy atom.